The van der Waals surface area contributed by atoms with Crippen LogP contribution in [0.2, 0.25) is 0 Å². The SMILES string of the molecule is CCCCCCCC/C=C\CCCCCCCC(=O)OC(C/C=C\CCCCCCCC(=O)OCC(CC)CCCC)CCCCCC. The van der Waals surface area contributed by atoms with Gasteiger partial charge in [0.15, 0.2) is 0 Å². The fourth-order valence-corrected chi connectivity index (χ4v) is 6.22. The maximum Gasteiger partial charge on any atom is 0.306 e. The molecule has 0 aliphatic rings. The zero-order chi connectivity index (χ0) is 35.2. The molecule has 4 heteroatoms. The van der Waals surface area contributed by atoms with Crippen molar-refractivity contribution in [2.24, 2.45) is 5.92 Å². The Balaban J connectivity index is 3.98. The summed E-state index contributed by atoms with van der Waals surface area (Å²) < 4.78 is 11.5. The van der Waals surface area contributed by atoms with Crippen molar-refractivity contribution in [3.8, 4) is 0 Å². The largest absolute Gasteiger partial charge is 0.465 e. The number of ether oxygens (including phenoxy) is 2. The molecule has 2 atom stereocenters. The van der Waals surface area contributed by atoms with Gasteiger partial charge in [-0.2, -0.15) is 0 Å². The molecule has 4 nitrogen and oxygen atoms in total. The second-order valence-corrected chi connectivity index (χ2v) is 14.4. The van der Waals surface area contributed by atoms with Crippen molar-refractivity contribution in [2.75, 3.05) is 6.61 Å². The molecule has 0 aromatic heterocycles. The molecule has 48 heavy (non-hydrogen) atoms. The fourth-order valence-electron chi connectivity index (χ4n) is 6.22. The maximum atomic E-state index is 12.6. The number of hydrogen-bond donors (Lipinski definition) is 0. The molecule has 0 heterocycles. The van der Waals surface area contributed by atoms with Crippen molar-refractivity contribution in [3.63, 3.8) is 0 Å². The van der Waals surface area contributed by atoms with Crippen LogP contribution in [0.3, 0.4) is 0 Å². The highest BCUT2D eigenvalue weighted by Crippen LogP contribution is 2.17. The Labute approximate surface area is 300 Å². The smallest absolute Gasteiger partial charge is 0.306 e. The van der Waals surface area contributed by atoms with E-state index in [9.17, 15) is 9.59 Å². The molecule has 0 aromatic carbocycles. The number of carbonyl (C=O) groups excluding carboxylic acids is 2. The summed E-state index contributed by atoms with van der Waals surface area (Å²) in [5, 5.41) is 0. The Bertz CT molecular complexity index is 742. The molecule has 0 saturated heterocycles. The molecule has 0 bridgehead atoms. The summed E-state index contributed by atoms with van der Waals surface area (Å²) in [6.45, 7) is 9.50. The molecule has 0 rings (SSSR count). The van der Waals surface area contributed by atoms with E-state index < -0.39 is 0 Å². The van der Waals surface area contributed by atoms with Gasteiger partial charge >= 0.3 is 11.9 Å². The van der Waals surface area contributed by atoms with Crippen molar-refractivity contribution in [1.82, 2.24) is 0 Å². The van der Waals surface area contributed by atoms with E-state index in [-0.39, 0.29) is 18.0 Å². The Hall–Kier alpha value is -1.58. The zero-order valence-corrected chi connectivity index (χ0v) is 32.7. The molecule has 0 radical (unpaired) electrons. The molecule has 2 unspecified atom stereocenters. The molecule has 0 fully saturated rings. The van der Waals surface area contributed by atoms with Crippen LogP contribution in [-0.4, -0.2) is 24.6 Å². The molecular weight excluding hydrogens is 592 g/mol. The summed E-state index contributed by atoms with van der Waals surface area (Å²) in [6.07, 6.45) is 44.8. The van der Waals surface area contributed by atoms with E-state index in [0.717, 1.165) is 64.2 Å². The summed E-state index contributed by atoms with van der Waals surface area (Å²) in [5.41, 5.74) is 0. The third kappa shape index (κ3) is 34.3. The molecule has 0 spiro atoms. The Morgan fingerprint density at radius 2 is 0.938 bits per heavy atom. The second kappa shape index (κ2) is 38.2. The molecule has 0 saturated carbocycles. The van der Waals surface area contributed by atoms with Gasteiger partial charge in [-0.1, -0.05) is 161 Å². The predicted molar refractivity (Wildman–Crippen MR) is 208 cm³/mol. The van der Waals surface area contributed by atoms with E-state index in [1.54, 1.807) is 0 Å². The minimum absolute atomic E-state index is 0.00734. The monoisotopic (exact) mass is 675 g/mol. The lowest BCUT2D eigenvalue weighted by Crippen LogP contribution is -2.17. The Kier molecular flexibility index (Phi) is 37.0. The lowest BCUT2D eigenvalue weighted by molar-refractivity contribution is -0.149. The first-order valence-electron chi connectivity index (χ1n) is 21.2. The van der Waals surface area contributed by atoms with Crippen molar-refractivity contribution in [2.45, 2.75) is 233 Å². The van der Waals surface area contributed by atoms with Crippen molar-refractivity contribution in [1.29, 1.82) is 0 Å². The van der Waals surface area contributed by atoms with Gasteiger partial charge < -0.3 is 9.47 Å². The maximum absolute atomic E-state index is 12.6. The van der Waals surface area contributed by atoms with Gasteiger partial charge in [0.2, 0.25) is 0 Å². The van der Waals surface area contributed by atoms with E-state index in [0.29, 0.717) is 25.4 Å². The van der Waals surface area contributed by atoms with Crippen LogP contribution in [0.1, 0.15) is 227 Å². The van der Waals surface area contributed by atoms with E-state index in [1.165, 1.54) is 122 Å². The Morgan fingerprint density at radius 1 is 0.479 bits per heavy atom. The lowest BCUT2D eigenvalue weighted by atomic mass is 10.0. The third-order valence-corrected chi connectivity index (χ3v) is 9.66. The molecule has 0 aliphatic heterocycles. The molecule has 282 valence electrons. The number of carbonyl (C=O) groups is 2. The predicted octanol–water partition coefficient (Wildman–Crippen LogP) is 14.3. The topological polar surface area (TPSA) is 52.6 Å². The molecule has 0 aromatic rings. The molecule has 0 N–H and O–H groups in total. The number of esters is 2. The summed E-state index contributed by atoms with van der Waals surface area (Å²) in [6, 6.07) is 0. The minimum Gasteiger partial charge on any atom is -0.465 e. The van der Waals surface area contributed by atoms with Crippen molar-refractivity contribution >= 4 is 11.9 Å². The number of allylic oxidation sites excluding steroid dienone is 3. The number of hydrogen-bond acceptors (Lipinski definition) is 4. The quantitative estimate of drug-likeness (QED) is 0.0374. The molecular formula is C44H82O4. The van der Waals surface area contributed by atoms with Gasteiger partial charge in [0.25, 0.3) is 0 Å². The first-order chi connectivity index (χ1) is 23.6. The van der Waals surface area contributed by atoms with E-state index in [4.69, 9.17) is 9.47 Å². The summed E-state index contributed by atoms with van der Waals surface area (Å²) in [7, 11) is 0. The summed E-state index contributed by atoms with van der Waals surface area (Å²) >= 11 is 0. The summed E-state index contributed by atoms with van der Waals surface area (Å²) in [5.74, 6) is 0.491. The highest BCUT2D eigenvalue weighted by atomic mass is 16.5. The average molecular weight is 675 g/mol. The van der Waals surface area contributed by atoms with Crippen LogP contribution in [0.5, 0.6) is 0 Å². The van der Waals surface area contributed by atoms with E-state index in [2.05, 4.69) is 52.0 Å². The zero-order valence-electron chi connectivity index (χ0n) is 32.7. The van der Waals surface area contributed by atoms with Crippen LogP contribution in [0, 0.1) is 5.92 Å². The second-order valence-electron chi connectivity index (χ2n) is 14.4. The average Bonchev–Trinajstić information content (AvgIpc) is 3.09. The minimum atomic E-state index is -0.0227. The third-order valence-electron chi connectivity index (χ3n) is 9.66. The van der Waals surface area contributed by atoms with Gasteiger partial charge in [0.1, 0.15) is 6.10 Å². The van der Waals surface area contributed by atoms with Gasteiger partial charge in [-0.05, 0) is 76.5 Å². The van der Waals surface area contributed by atoms with Crippen molar-refractivity contribution in [3.05, 3.63) is 24.3 Å². The normalized spacial score (nSPS) is 13.0. The standard InChI is InChI=1S/C44H82O4/c1-5-9-12-14-15-16-17-18-19-20-21-22-27-30-34-39-44(46)48-42(36-31-13-10-6-2)37-32-28-25-23-24-26-29-33-38-43(45)47-40-41(8-4)35-11-7-3/h18-19,28,32,41-42H,5-17,20-27,29-31,33-40H2,1-4H3/b19-18-,32-28-. The highest BCUT2D eigenvalue weighted by molar-refractivity contribution is 5.69. The Morgan fingerprint density at radius 3 is 1.48 bits per heavy atom. The van der Waals surface area contributed by atoms with Crippen LogP contribution in [0.15, 0.2) is 24.3 Å². The fraction of sp³-hybridized carbons (Fsp3) is 0.864. The van der Waals surface area contributed by atoms with Gasteiger partial charge in [-0.25, -0.2) is 0 Å². The van der Waals surface area contributed by atoms with Crippen LogP contribution in [-0.2, 0) is 19.1 Å². The van der Waals surface area contributed by atoms with Crippen LogP contribution >= 0.6 is 0 Å². The van der Waals surface area contributed by atoms with Crippen molar-refractivity contribution < 1.29 is 19.1 Å². The van der Waals surface area contributed by atoms with Crippen LogP contribution in [0.4, 0.5) is 0 Å². The van der Waals surface area contributed by atoms with Crippen LogP contribution < -0.4 is 0 Å². The van der Waals surface area contributed by atoms with Crippen LogP contribution in [0.25, 0.3) is 0 Å². The first-order valence-corrected chi connectivity index (χ1v) is 21.2. The van der Waals surface area contributed by atoms with Gasteiger partial charge in [0, 0.05) is 19.3 Å². The van der Waals surface area contributed by atoms with E-state index in [1.807, 2.05) is 0 Å². The van der Waals surface area contributed by atoms with Gasteiger partial charge in [0.05, 0.1) is 6.61 Å². The number of unbranched alkanes of at least 4 members (excludes halogenated alkanes) is 20. The highest BCUT2D eigenvalue weighted by Gasteiger charge is 2.13. The van der Waals surface area contributed by atoms with Gasteiger partial charge in [-0.3, -0.25) is 9.59 Å². The van der Waals surface area contributed by atoms with Gasteiger partial charge in [-0.15, -0.1) is 0 Å². The molecule has 0 amide bonds. The molecule has 0 aliphatic carbocycles. The van der Waals surface area contributed by atoms with E-state index >= 15 is 0 Å². The first kappa shape index (κ1) is 46.4. The lowest BCUT2D eigenvalue weighted by Gasteiger charge is -2.16. The number of rotatable bonds is 37. The summed E-state index contributed by atoms with van der Waals surface area (Å²) in [4.78, 5) is 24.7.